The van der Waals surface area contributed by atoms with Gasteiger partial charge < -0.3 is 5.32 Å². The number of rotatable bonds is 5. The summed E-state index contributed by atoms with van der Waals surface area (Å²) in [6, 6.07) is 6.51. The lowest BCUT2D eigenvalue weighted by Crippen LogP contribution is -2.17. The molecule has 0 unspecified atom stereocenters. The van der Waals surface area contributed by atoms with Crippen molar-refractivity contribution in [2.24, 2.45) is 0 Å². The maximum Gasteiger partial charge on any atom is 0.348 e. The number of nitrogens with one attached hydrogen (secondary N) is 2. The molecule has 0 aliphatic rings. The van der Waals surface area contributed by atoms with Gasteiger partial charge in [0.05, 0.1) is 16.2 Å². The lowest BCUT2D eigenvalue weighted by molar-refractivity contribution is -0.380. The summed E-state index contributed by atoms with van der Waals surface area (Å²) in [5, 5.41) is 16.0. The number of carbonyl (C=O) groups excluding carboxylic acids is 2. The van der Waals surface area contributed by atoms with Gasteiger partial charge in [-0.05, 0) is 30.4 Å². The number of hydrogen-bond acceptors (Lipinski definition) is 6. The van der Waals surface area contributed by atoms with Crippen LogP contribution < -0.4 is 10.6 Å². The number of aromatic nitrogens is 1. The standard InChI is InChI=1S/C14H14N4O4S/c1-3-11(19)16-10-7-5-4-6-9(10)12(20)17-14-15-8(2)13(23-14)18(21)22/h4-7H,3H2,1-2H3,(H,16,19)(H,15,17,20). The second-order valence-corrected chi connectivity index (χ2v) is 5.55. The molecule has 23 heavy (non-hydrogen) atoms. The lowest BCUT2D eigenvalue weighted by atomic mass is 10.1. The predicted molar refractivity (Wildman–Crippen MR) is 86.8 cm³/mol. The fourth-order valence-electron chi connectivity index (χ4n) is 1.80. The number of anilines is 2. The van der Waals surface area contributed by atoms with Crippen LogP contribution in [-0.2, 0) is 4.79 Å². The summed E-state index contributed by atoms with van der Waals surface area (Å²) in [4.78, 5) is 38.1. The minimum atomic E-state index is -0.544. The summed E-state index contributed by atoms with van der Waals surface area (Å²) < 4.78 is 0. The van der Waals surface area contributed by atoms with E-state index in [0.29, 0.717) is 5.69 Å². The highest BCUT2D eigenvalue weighted by atomic mass is 32.1. The summed E-state index contributed by atoms with van der Waals surface area (Å²) in [6.07, 6.45) is 0.286. The molecule has 2 amide bonds. The first-order valence-electron chi connectivity index (χ1n) is 6.74. The minimum Gasteiger partial charge on any atom is -0.325 e. The van der Waals surface area contributed by atoms with Crippen molar-refractivity contribution in [3.63, 3.8) is 0 Å². The van der Waals surface area contributed by atoms with Crippen LogP contribution in [0.5, 0.6) is 0 Å². The zero-order valence-electron chi connectivity index (χ0n) is 12.5. The van der Waals surface area contributed by atoms with Crippen molar-refractivity contribution in [1.29, 1.82) is 0 Å². The van der Waals surface area contributed by atoms with E-state index in [2.05, 4.69) is 15.6 Å². The van der Waals surface area contributed by atoms with E-state index >= 15 is 0 Å². The van der Waals surface area contributed by atoms with Crippen LogP contribution in [0.1, 0.15) is 29.4 Å². The van der Waals surface area contributed by atoms with E-state index in [1.807, 2.05) is 0 Å². The van der Waals surface area contributed by atoms with Gasteiger partial charge in [-0.1, -0.05) is 19.1 Å². The number of nitrogens with zero attached hydrogens (tertiary/aromatic N) is 2. The molecule has 8 nitrogen and oxygen atoms in total. The van der Waals surface area contributed by atoms with Crippen LogP contribution in [0.4, 0.5) is 15.8 Å². The van der Waals surface area contributed by atoms with Crippen molar-refractivity contribution in [2.75, 3.05) is 10.6 Å². The number of carbonyl (C=O) groups is 2. The molecule has 0 saturated carbocycles. The highest BCUT2D eigenvalue weighted by molar-refractivity contribution is 7.19. The Labute approximate surface area is 135 Å². The Morgan fingerprint density at radius 1 is 1.30 bits per heavy atom. The van der Waals surface area contributed by atoms with E-state index in [0.717, 1.165) is 11.3 Å². The number of amides is 2. The Morgan fingerprint density at radius 2 is 2.00 bits per heavy atom. The van der Waals surface area contributed by atoms with Gasteiger partial charge in [0, 0.05) is 6.42 Å². The Morgan fingerprint density at radius 3 is 2.61 bits per heavy atom. The molecule has 1 aromatic heterocycles. The van der Waals surface area contributed by atoms with Crippen LogP contribution in [0.2, 0.25) is 0 Å². The van der Waals surface area contributed by atoms with Gasteiger partial charge in [-0.15, -0.1) is 0 Å². The zero-order chi connectivity index (χ0) is 17.0. The molecule has 0 fully saturated rings. The van der Waals surface area contributed by atoms with Gasteiger partial charge in [0.15, 0.2) is 5.13 Å². The maximum atomic E-state index is 12.3. The molecule has 2 N–H and O–H groups in total. The Balaban J connectivity index is 2.23. The first-order valence-corrected chi connectivity index (χ1v) is 7.56. The fraction of sp³-hybridized carbons (Fsp3) is 0.214. The van der Waals surface area contributed by atoms with Crippen LogP contribution >= 0.6 is 11.3 Å². The normalized spacial score (nSPS) is 10.2. The monoisotopic (exact) mass is 334 g/mol. The molecule has 9 heteroatoms. The summed E-state index contributed by atoms with van der Waals surface area (Å²) in [5.41, 5.74) is 0.868. The van der Waals surface area contributed by atoms with Crippen LogP contribution in [0.3, 0.4) is 0 Å². The van der Waals surface area contributed by atoms with Crippen molar-refractivity contribution in [3.05, 3.63) is 45.6 Å². The van der Waals surface area contributed by atoms with E-state index in [1.54, 1.807) is 31.2 Å². The minimum absolute atomic E-state index is 0.118. The van der Waals surface area contributed by atoms with Gasteiger partial charge in [0.1, 0.15) is 5.69 Å². The van der Waals surface area contributed by atoms with E-state index in [1.165, 1.54) is 6.92 Å². The third-order valence-electron chi connectivity index (χ3n) is 2.93. The number of thiazole rings is 1. The first kappa shape index (κ1) is 16.6. The molecule has 0 atom stereocenters. The predicted octanol–water partition coefficient (Wildman–Crippen LogP) is 2.96. The summed E-state index contributed by atoms with van der Waals surface area (Å²) in [7, 11) is 0. The SMILES string of the molecule is CCC(=O)Nc1ccccc1C(=O)Nc1nc(C)c([N+](=O)[O-])s1. The van der Waals surface area contributed by atoms with Gasteiger partial charge in [-0.3, -0.25) is 25.0 Å². The number of benzene rings is 1. The molecule has 0 aliphatic heterocycles. The molecule has 120 valence electrons. The number of para-hydroxylation sites is 1. The Hall–Kier alpha value is -2.81. The van der Waals surface area contributed by atoms with Crippen molar-refractivity contribution >= 4 is 39.0 Å². The zero-order valence-corrected chi connectivity index (χ0v) is 13.3. The molecule has 1 heterocycles. The van der Waals surface area contributed by atoms with Crippen LogP contribution in [0, 0.1) is 17.0 Å². The topological polar surface area (TPSA) is 114 Å². The third-order valence-corrected chi connectivity index (χ3v) is 3.95. The van der Waals surface area contributed by atoms with Crippen molar-refractivity contribution in [1.82, 2.24) is 4.98 Å². The molecule has 1 aromatic carbocycles. The first-order chi connectivity index (χ1) is 10.9. The molecular weight excluding hydrogens is 320 g/mol. The van der Waals surface area contributed by atoms with Crippen LogP contribution in [0.15, 0.2) is 24.3 Å². The highest BCUT2D eigenvalue weighted by Crippen LogP contribution is 2.30. The second-order valence-electron chi connectivity index (χ2n) is 4.57. The van der Waals surface area contributed by atoms with Crippen LogP contribution in [0.25, 0.3) is 0 Å². The summed E-state index contributed by atoms with van der Waals surface area (Å²) >= 11 is 0.785. The van der Waals surface area contributed by atoms with Gasteiger partial charge in [0.25, 0.3) is 5.91 Å². The van der Waals surface area contributed by atoms with Crippen molar-refractivity contribution in [2.45, 2.75) is 20.3 Å². The van der Waals surface area contributed by atoms with Crippen LogP contribution in [-0.4, -0.2) is 21.7 Å². The third kappa shape index (κ3) is 3.89. The van der Waals surface area contributed by atoms with E-state index in [9.17, 15) is 19.7 Å². The number of nitro groups is 1. The Bertz CT molecular complexity index is 772. The molecule has 0 radical (unpaired) electrons. The summed E-state index contributed by atoms with van der Waals surface area (Å²) in [5.74, 6) is -0.716. The van der Waals surface area contributed by atoms with E-state index < -0.39 is 10.8 Å². The van der Waals surface area contributed by atoms with E-state index in [-0.39, 0.29) is 33.7 Å². The highest BCUT2D eigenvalue weighted by Gasteiger charge is 2.20. The van der Waals surface area contributed by atoms with Gasteiger partial charge >= 0.3 is 5.00 Å². The largest absolute Gasteiger partial charge is 0.348 e. The van der Waals surface area contributed by atoms with E-state index in [4.69, 9.17) is 0 Å². The smallest absolute Gasteiger partial charge is 0.325 e. The number of hydrogen-bond donors (Lipinski definition) is 2. The van der Waals surface area contributed by atoms with Gasteiger partial charge in [-0.25, -0.2) is 4.98 Å². The maximum absolute atomic E-state index is 12.3. The molecule has 0 spiro atoms. The van der Waals surface area contributed by atoms with Crippen molar-refractivity contribution in [3.8, 4) is 0 Å². The average molecular weight is 334 g/mol. The Kier molecular flexibility index (Phi) is 5.02. The molecular formula is C14H14N4O4S. The lowest BCUT2D eigenvalue weighted by Gasteiger charge is -2.09. The average Bonchev–Trinajstić information content (AvgIpc) is 2.88. The molecule has 2 aromatic rings. The molecule has 0 saturated heterocycles. The molecule has 0 bridgehead atoms. The second kappa shape index (κ2) is 6.97. The van der Waals surface area contributed by atoms with Gasteiger partial charge in [0.2, 0.25) is 5.91 Å². The summed E-state index contributed by atoms with van der Waals surface area (Å²) in [6.45, 7) is 3.20. The van der Waals surface area contributed by atoms with Gasteiger partial charge in [-0.2, -0.15) is 0 Å². The number of aryl methyl sites for hydroxylation is 1. The molecule has 2 rings (SSSR count). The quantitative estimate of drug-likeness (QED) is 0.644. The van der Waals surface area contributed by atoms with Crippen molar-refractivity contribution < 1.29 is 14.5 Å². The molecule has 0 aliphatic carbocycles. The fourth-order valence-corrected chi connectivity index (χ4v) is 2.58.